The molecule has 1 aromatic heterocycles. The number of carbonyl (C=O) groups excluding carboxylic acids is 1. The Morgan fingerprint density at radius 3 is 2.50 bits per heavy atom. The third kappa shape index (κ3) is 3.93. The molecule has 0 atom stereocenters. The minimum Gasteiger partial charge on any atom is -0.362 e. The fourth-order valence-corrected chi connectivity index (χ4v) is 4.00. The largest absolute Gasteiger partial charge is 0.416 e. The maximum Gasteiger partial charge on any atom is 0.416 e. The fraction of sp³-hybridized carbons (Fsp3) is 0.476. The van der Waals surface area contributed by atoms with Gasteiger partial charge in [-0.3, -0.25) is 4.79 Å². The summed E-state index contributed by atoms with van der Waals surface area (Å²) < 4.78 is 39.1. The van der Waals surface area contributed by atoms with Gasteiger partial charge in [0.15, 0.2) is 0 Å². The Morgan fingerprint density at radius 2 is 1.83 bits per heavy atom. The van der Waals surface area contributed by atoms with Crippen LogP contribution in [0.4, 0.5) is 24.9 Å². The number of benzene rings is 1. The molecule has 160 valence electrons. The first-order chi connectivity index (χ1) is 14.2. The van der Waals surface area contributed by atoms with Crippen molar-refractivity contribution in [1.29, 1.82) is 0 Å². The number of hydrogen-bond donors (Lipinski definition) is 0. The molecule has 1 saturated heterocycles. The minimum absolute atomic E-state index is 0.0364. The van der Waals surface area contributed by atoms with Gasteiger partial charge in [0.2, 0.25) is 5.95 Å². The smallest absolute Gasteiger partial charge is 0.362 e. The van der Waals surface area contributed by atoms with Crippen molar-refractivity contribution < 1.29 is 18.0 Å². The molecule has 30 heavy (non-hydrogen) atoms. The zero-order chi connectivity index (χ0) is 21.5. The molecule has 6 nitrogen and oxygen atoms in total. The molecule has 0 unspecified atom stereocenters. The highest BCUT2D eigenvalue weighted by atomic mass is 19.4. The third-order valence-corrected chi connectivity index (χ3v) is 5.56. The van der Waals surface area contributed by atoms with E-state index in [1.807, 2.05) is 19.0 Å². The average molecular weight is 419 g/mol. The zero-order valence-corrected chi connectivity index (χ0v) is 17.0. The molecule has 0 bridgehead atoms. The van der Waals surface area contributed by atoms with E-state index in [0.29, 0.717) is 18.9 Å². The number of nitrogens with zero attached hydrogens (tertiary/aromatic N) is 5. The normalized spacial score (nSPS) is 16.6. The highest BCUT2D eigenvalue weighted by Crippen LogP contribution is 2.32. The summed E-state index contributed by atoms with van der Waals surface area (Å²) in [7, 11) is 3.79. The van der Waals surface area contributed by atoms with Gasteiger partial charge in [0.05, 0.1) is 17.8 Å². The Hall–Kier alpha value is -2.84. The van der Waals surface area contributed by atoms with E-state index >= 15 is 0 Å². The van der Waals surface area contributed by atoms with Crippen LogP contribution in [-0.4, -0.2) is 54.5 Å². The summed E-state index contributed by atoms with van der Waals surface area (Å²) in [6.07, 6.45) is -1.69. The first kappa shape index (κ1) is 20.4. The topological polar surface area (TPSA) is 52.6 Å². The lowest BCUT2D eigenvalue weighted by Crippen LogP contribution is -2.38. The van der Waals surface area contributed by atoms with Gasteiger partial charge >= 0.3 is 6.18 Å². The van der Waals surface area contributed by atoms with Gasteiger partial charge in [0.1, 0.15) is 5.82 Å². The first-order valence-electron chi connectivity index (χ1n) is 10.0. The van der Waals surface area contributed by atoms with Crippen molar-refractivity contribution in [2.75, 3.05) is 43.5 Å². The molecular weight excluding hydrogens is 395 g/mol. The van der Waals surface area contributed by atoms with Gasteiger partial charge in [-0.25, -0.2) is 4.98 Å². The number of anilines is 2. The quantitative estimate of drug-likeness (QED) is 0.764. The Labute approximate surface area is 173 Å². The standard InChI is InChI=1S/C21H24F3N5O/c1-27(2)18-16-13-29(19(30)14-6-5-7-15(12-14)21(22,23)24)11-8-17(16)25-20(26-18)28-9-3-4-10-28/h5-7,12H,3-4,8-11,13H2,1-2H3. The summed E-state index contributed by atoms with van der Waals surface area (Å²) in [6.45, 7) is 2.56. The highest BCUT2D eigenvalue weighted by Gasteiger charge is 2.32. The van der Waals surface area contributed by atoms with Gasteiger partial charge in [0, 0.05) is 51.3 Å². The molecule has 3 heterocycles. The van der Waals surface area contributed by atoms with Gasteiger partial charge in [-0.05, 0) is 31.0 Å². The average Bonchev–Trinajstić information content (AvgIpc) is 3.26. The second-order valence-corrected chi connectivity index (χ2v) is 7.92. The van der Waals surface area contributed by atoms with Gasteiger partial charge in [-0.15, -0.1) is 0 Å². The number of amides is 1. The summed E-state index contributed by atoms with van der Waals surface area (Å²) in [5.41, 5.74) is 0.978. The molecule has 9 heteroatoms. The van der Waals surface area contributed by atoms with Gasteiger partial charge < -0.3 is 14.7 Å². The molecule has 0 spiro atoms. The SMILES string of the molecule is CN(C)c1nc(N2CCCC2)nc2c1CN(C(=O)c1cccc(C(F)(F)F)c1)CC2. The molecule has 0 aliphatic carbocycles. The minimum atomic E-state index is -4.48. The van der Waals surface area contributed by atoms with Crippen LogP contribution in [0, 0.1) is 0 Å². The van der Waals surface area contributed by atoms with Crippen LogP contribution >= 0.6 is 0 Å². The molecule has 2 aliphatic heterocycles. The number of carbonyl (C=O) groups is 1. The van der Waals surface area contributed by atoms with Crippen LogP contribution in [0.15, 0.2) is 24.3 Å². The van der Waals surface area contributed by atoms with Crippen molar-refractivity contribution in [2.45, 2.75) is 32.0 Å². The predicted molar refractivity (Wildman–Crippen MR) is 108 cm³/mol. The second kappa shape index (κ2) is 7.77. The van der Waals surface area contributed by atoms with Crippen LogP contribution in [0.2, 0.25) is 0 Å². The van der Waals surface area contributed by atoms with E-state index < -0.39 is 17.6 Å². The van der Waals surface area contributed by atoms with Crippen LogP contribution in [0.1, 0.15) is 40.0 Å². The zero-order valence-electron chi connectivity index (χ0n) is 17.0. The van der Waals surface area contributed by atoms with Crippen LogP contribution in [0.5, 0.6) is 0 Å². The van der Waals surface area contributed by atoms with E-state index in [4.69, 9.17) is 9.97 Å². The van der Waals surface area contributed by atoms with Crippen molar-refractivity contribution in [3.8, 4) is 0 Å². The molecule has 1 fully saturated rings. The van der Waals surface area contributed by atoms with Crippen molar-refractivity contribution in [1.82, 2.24) is 14.9 Å². The fourth-order valence-electron chi connectivity index (χ4n) is 4.00. The van der Waals surface area contributed by atoms with Crippen LogP contribution in [0.3, 0.4) is 0 Å². The lowest BCUT2D eigenvalue weighted by molar-refractivity contribution is -0.137. The summed E-state index contributed by atoms with van der Waals surface area (Å²) in [5, 5.41) is 0. The Bertz CT molecular complexity index is 954. The van der Waals surface area contributed by atoms with Crippen LogP contribution in [-0.2, 0) is 19.1 Å². The number of rotatable bonds is 3. The van der Waals surface area contributed by atoms with Crippen LogP contribution < -0.4 is 9.80 Å². The lowest BCUT2D eigenvalue weighted by Gasteiger charge is -2.32. The maximum absolute atomic E-state index is 13.0. The molecule has 4 rings (SSSR count). The molecule has 1 aromatic carbocycles. The van der Waals surface area contributed by atoms with Crippen LogP contribution in [0.25, 0.3) is 0 Å². The molecule has 2 aliphatic rings. The molecule has 0 N–H and O–H groups in total. The number of aromatic nitrogens is 2. The van der Waals surface area contributed by atoms with E-state index in [1.165, 1.54) is 12.1 Å². The number of halogens is 3. The summed E-state index contributed by atoms with van der Waals surface area (Å²) in [5.74, 6) is 1.05. The number of fused-ring (bicyclic) bond motifs is 1. The lowest BCUT2D eigenvalue weighted by atomic mass is 10.0. The van der Waals surface area contributed by atoms with E-state index in [1.54, 1.807) is 4.90 Å². The van der Waals surface area contributed by atoms with E-state index in [-0.39, 0.29) is 12.1 Å². The molecule has 1 amide bonds. The van der Waals surface area contributed by atoms with Gasteiger partial charge in [0.25, 0.3) is 5.91 Å². The summed E-state index contributed by atoms with van der Waals surface area (Å²) >= 11 is 0. The molecule has 2 aromatic rings. The Balaban J connectivity index is 1.62. The molecule has 0 radical (unpaired) electrons. The van der Waals surface area contributed by atoms with Crippen molar-refractivity contribution >= 4 is 17.7 Å². The molecular formula is C21H24F3N5O. The monoisotopic (exact) mass is 419 g/mol. The first-order valence-corrected chi connectivity index (χ1v) is 10.0. The molecule has 0 saturated carbocycles. The van der Waals surface area contributed by atoms with Gasteiger partial charge in [-0.2, -0.15) is 18.2 Å². The Morgan fingerprint density at radius 1 is 1.10 bits per heavy atom. The predicted octanol–water partition coefficient (Wildman–Crippen LogP) is 3.36. The second-order valence-electron chi connectivity index (χ2n) is 7.92. The maximum atomic E-state index is 13.0. The summed E-state index contributed by atoms with van der Waals surface area (Å²) in [6, 6.07) is 4.58. The van der Waals surface area contributed by atoms with Crippen molar-refractivity contribution in [3.05, 3.63) is 46.6 Å². The van der Waals surface area contributed by atoms with E-state index in [0.717, 1.165) is 55.1 Å². The van der Waals surface area contributed by atoms with E-state index in [9.17, 15) is 18.0 Å². The third-order valence-electron chi connectivity index (χ3n) is 5.56. The van der Waals surface area contributed by atoms with E-state index in [2.05, 4.69) is 4.90 Å². The van der Waals surface area contributed by atoms with Crippen molar-refractivity contribution in [2.24, 2.45) is 0 Å². The van der Waals surface area contributed by atoms with Gasteiger partial charge in [-0.1, -0.05) is 6.07 Å². The number of hydrogen-bond acceptors (Lipinski definition) is 5. The summed E-state index contributed by atoms with van der Waals surface area (Å²) in [4.78, 5) is 28.1. The Kier molecular flexibility index (Phi) is 5.29. The van der Waals surface area contributed by atoms with Crippen molar-refractivity contribution in [3.63, 3.8) is 0 Å². The number of alkyl halides is 3. The highest BCUT2D eigenvalue weighted by molar-refractivity contribution is 5.94.